The number of nitrogens with zero attached hydrogens (tertiary/aromatic N) is 1. The second-order valence-electron chi connectivity index (χ2n) is 6.09. The molecule has 126 valence electrons. The number of allylic oxidation sites excluding steroid dienone is 2. The van der Waals surface area contributed by atoms with Crippen LogP contribution in [0.15, 0.2) is 95.3 Å². The number of para-hydroxylation sites is 1. The Hall–Kier alpha value is -3.07. The van der Waals surface area contributed by atoms with E-state index in [9.17, 15) is 0 Å². The predicted molar refractivity (Wildman–Crippen MR) is 107 cm³/mol. The first kappa shape index (κ1) is 16.8. The molecule has 0 unspecified atom stereocenters. The lowest BCUT2D eigenvalue weighted by Gasteiger charge is -2.17. The highest BCUT2D eigenvalue weighted by atomic mass is 14.9. The quantitative estimate of drug-likeness (QED) is 0.800. The first-order valence-electron chi connectivity index (χ1n) is 8.54. The lowest BCUT2D eigenvalue weighted by Crippen LogP contribution is -2.17. The van der Waals surface area contributed by atoms with Crippen LogP contribution in [0.4, 0.5) is 11.4 Å². The fourth-order valence-electron chi connectivity index (χ4n) is 2.71. The zero-order valence-electron chi connectivity index (χ0n) is 14.5. The van der Waals surface area contributed by atoms with Gasteiger partial charge in [0.1, 0.15) is 0 Å². The summed E-state index contributed by atoms with van der Waals surface area (Å²) >= 11 is 0. The van der Waals surface area contributed by atoms with Crippen molar-refractivity contribution in [3.63, 3.8) is 0 Å². The second-order valence-corrected chi connectivity index (χ2v) is 6.09. The molecular weight excluding hydrogens is 306 g/mol. The molecule has 0 atom stereocenters. The zero-order chi connectivity index (χ0) is 17.6. The third-order valence-electron chi connectivity index (χ3n) is 4.03. The van der Waals surface area contributed by atoms with Crippen LogP contribution in [0.25, 0.3) is 0 Å². The number of hydrogen-bond acceptors (Lipinski definition) is 3. The number of aliphatic imine (C=N–C) groups is 1. The Kier molecular flexibility index (Phi) is 5.14. The average molecular weight is 329 g/mol. The van der Waals surface area contributed by atoms with E-state index in [1.165, 1.54) is 5.56 Å². The van der Waals surface area contributed by atoms with Crippen LogP contribution in [0.3, 0.4) is 0 Å². The molecule has 1 aliphatic rings. The van der Waals surface area contributed by atoms with E-state index in [2.05, 4.69) is 31.0 Å². The molecule has 2 aromatic carbocycles. The molecule has 0 spiro atoms. The lowest BCUT2D eigenvalue weighted by atomic mass is 10.0. The molecule has 0 saturated heterocycles. The Bertz CT molecular complexity index is 841. The molecule has 3 heteroatoms. The van der Waals surface area contributed by atoms with E-state index in [-0.39, 0.29) is 0 Å². The van der Waals surface area contributed by atoms with Crippen LogP contribution in [0.2, 0.25) is 0 Å². The smallest absolute Gasteiger partial charge is 0.0887 e. The van der Waals surface area contributed by atoms with E-state index in [0.29, 0.717) is 5.70 Å². The van der Waals surface area contributed by atoms with Gasteiger partial charge in [0.2, 0.25) is 0 Å². The summed E-state index contributed by atoms with van der Waals surface area (Å²) in [4.78, 5) is 4.69. The minimum atomic E-state index is 0.626. The van der Waals surface area contributed by atoms with Gasteiger partial charge < -0.3 is 11.1 Å². The van der Waals surface area contributed by atoms with Gasteiger partial charge >= 0.3 is 0 Å². The third kappa shape index (κ3) is 4.27. The van der Waals surface area contributed by atoms with Crippen molar-refractivity contribution in [1.82, 2.24) is 0 Å². The van der Waals surface area contributed by atoms with Gasteiger partial charge in [-0.15, -0.1) is 0 Å². The maximum absolute atomic E-state index is 6.15. The molecule has 0 bridgehead atoms. The van der Waals surface area contributed by atoms with Crippen molar-refractivity contribution in [1.29, 1.82) is 0 Å². The maximum Gasteiger partial charge on any atom is 0.0887 e. The van der Waals surface area contributed by atoms with Crippen LogP contribution in [-0.2, 0) is 6.42 Å². The number of nitrogens with two attached hydrogens (primary N) is 1. The fraction of sp³-hybridized carbons (Fsp3) is 0.136. The van der Waals surface area contributed by atoms with Crippen molar-refractivity contribution in [2.75, 3.05) is 5.32 Å². The van der Waals surface area contributed by atoms with E-state index in [1.807, 2.05) is 54.6 Å². The molecule has 2 aromatic rings. The predicted octanol–water partition coefficient (Wildman–Crippen LogP) is 5.12. The number of benzene rings is 2. The fourth-order valence-corrected chi connectivity index (χ4v) is 2.71. The molecule has 25 heavy (non-hydrogen) atoms. The molecule has 0 saturated carbocycles. The standard InChI is InChI=1S/C22H23N3/c1-3-7-17-10-12-19(13-11-17)25-22-15-21(16(2)14-20(22)23)24-18-8-5-4-6-9-18/h4-6,8-15,24H,2-3,7,23H2,1H3/b25-22-. The highest BCUT2D eigenvalue weighted by Crippen LogP contribution is 2.23. The van der Waals surface area contributed by atoms with Gasteiger partial charge in [0, 0.05) is 11.4 Å². The Balaban J connectivity index is 1.85. The summed E-state index contributed by atoms with van der Waals surface area (Å²) < 4.78 is 0. The second kappa shape index (κ2) is 7.67. The van der Waals surface area contributed by atoms with Crippen LogP contribution < -0.4 is 11.1 Å². The molecule has 3 N–H and O–H groups in total. The summed E-state index contributed by atoms with van der Waals surface area (Å²) in [6.07, 6.45) is 6.03. The van der Waals surface area contributed by atoms with Crippen molar-refractivity contribution in [2.45, 2.75) is 19.8 Å². The number of hydrogen-bond donors (Lipinski definition) is 2. The Morgan fingerprint density at radius 3 is 2.40 bits per heavy atom. The van der Waals surface area contributed by atoms with E-state index < -0.39 is 0 Å². The number of rotatable bonds is 5. The lowest BCUT2D eigenvalue weighted by molar-refractivity contribution is 0.922. The van der Waals surface area contributed by atoms with Crippen LogP contribution in [0, 0.1) is 0 Å². The van der Waals surface area contributed by atoms with Gasteiger partial charge in [-0.25, -0.2) is 4.99 Å². The Morgan fingerprint density at radius 1 is 1.00 bits per heavy atom. The minimum Gasteiger partial charge on any atom is -0.397 e. The van der Waals surface area contributed by atoms with Gasteiger partial charge in [-0.3, -0.25) is 0 Å². The molecular formula is C22H23N3. The summed E-state index contributed by atoms with van der Waals surface area (Å²) in [5, 5.41) is 3.37. The van der Waals surface area contributed by atoms with Crippen LogP contribution in [0.1, 0.15) is 18.9 Å². The minimum absolute atomic E-state index is 0.626. The SMILES string of the molecule is C=C1C=C(N)/C(=N\c2ccc(CCC)cc2)C=C1Nc1ccccc1. The maximum atomic E-state index is 6.15. The normalized spacial score (nSPS) is 15.7. The van der Waals surface area contributed by atoms with Crippen molar-refractivity contribution >= 4 is 17.1 Å². The van der Waals surface area contributed by atoms with Gasteiger partial charge in [0.15, 0.2) is 0 Å². The first-order chi connectivity index (χ1) is 12.2. The van der Waals surface area contributed by atoms with Crippen molar-refractivity contribution in [3.05, 3.63) is 95.9 Å². The molecule has 0 fully saturated rings. The highest BCUT2D eigenvalue weighted by molar-refractivity contribution is 6.11. The van der Waals surface area contributed by atoms with E-state index >= 15 is 0 Å². The molecule has 0 heterocycles. The van der Waals surface area contributed by atoms with E-state index in [4.69, 9.17) is 10.7 Å². The van der Waals surface area contributed by atoms with Gasteiger partial charge in [-0.05, 0) is 54.0 Å². The van der Waals surface area contributed by atoms with Crippen molar-refractivity contribution in [3.8, 4) is 0 Å². The Labute approximate surface area is 149 Å². The van der Waals surface area contributed by atoms with Crippen LogP contribution >= 0.6 is 0 Å². The monoisotopic (exact) mass is 329 g/mol. The van der Waals surface area contributed by atoms with Gasteiger partial charge in [-0.1, -0.05) is 50.3 Å². The molecule has 0 aromatic heterocycles. The zero-order valence-corrected chi connectivity index (χ0v) is 14.5. The van der Waals surface area contributed by atoms with E-state index in [0.717, 1.165) is 41.2 Å². The third-order valence-corrected chi connectivity index (χ3v) is 4.03. The summed E-state index contributed by atoms with van der Waals surface area (Å²) in [6.45, 7) is 6.25. The van der Waals surface area contributed by atoms with Gasteiger partial charge in [0.25, 0.3) is 0 Å². The Morgan fingerprint density at radius 2 is 1.72 bits per heavy atom. The van der Waals surface area contributed by atoms with E-state index in [1.54, 1.807) is 0 Å². The highest BCUT2D eigenvalue weighted by Gasteiger charge is 2.13. The summed E-state index contributed by atoms with van der Waals surface area (Å²) in [7, 11) is 0. The summed E-state index contributed by atoms with van der Waals surface area (Å²) in [5.74, 6) is 0. The topological polar surface area (TPSA) is 50.4 Å². The molecule has 0 aliphatic heterocycles. The molecule has 3 nitrogen and oxygen atoms in total. The first-order valence-corrected chi connectivity index (χ1v) is 8.54. The molecule has 0 amide bonds. The average Bonchev–Trinajstić information content (AvgIpc) is 2.62. The molecule has 3 rings (SSSR count). The number of aryl methyl sites for hydroxylation is 1. The number of nitrogens with one attached hydrogen (secondary N) is 1. The molecule has 0 radical (unpaired) electrons. The van der Waals surface area contributed by atoms with Crippen LogP contribution in [0.5, 0.6) is 0 Å². The van der Waals surface area contributed by atoms with Crippen molar-refractivity contribution in [2.24, 2.45) is 10.7 Å². The van der Waals surface area contributed by atoms with Gasteiger partial charge in [-0.2, -0.15) is 0 Å². The summed E-state index contributed by atoms with van der Waals surface area (Å²) in [6, 6.07) is 18.3. The van der Waals surface area contributed by atoms with Crippen LogP contribution in [-0.4, -0.2) is 5.71 Å². The molecule has 1 aliphatic carbocycles. The van der Waals surface area contributed by atoms with Crippen molar-refractivity contribution < 1.29 is 0 Å². The summed E-state index contributed by atoms with van der Waals surface area (Å²) in [5.41, 5.74) is 12.5. The largest absolute Gasteiger partial charge is 0.397 e. The number of anilines is 1. The van der Waals surface area contributed by atoms with Gasteiger partial charge in [0.05, 0.1) is 17.1 Å².